The summed E-state index contributed by atoms with van der Waals surface area (Å²) >= 11 is 0. The molecule has 7 heteroatoms. The molecule has 0 atom stereocenters. The number of halogens is 3. The van der Waals surface area contributed by atoms with E-state index in [-0.39, 0.29) is 11.7 Å². The number of oxazole rings is 1. The van der Waals surface area contributed by atoms with Gasteiger partial charge in [0.2, 0.25) is 5.89 Å². The molecule has 0 fully saturated rings. The molecule has 108 valence electrons. The van der Waals surface area contributed by atoms with Crippen molar-refractivity contribution in [1.29, 1.82) is 0 Å². The lowest BCUT2D eigenvalue weighted by Crippen LogP contribution is -2.21. The number of pyridine rings is 1. The second-order valence-corrected chi connectivity index (χ2v) is 4.63. The SMILES string of the molecule is CC(C)c1coc(-c2ccnc(NCC(F)(F)F)c2)n1. The lowest BCUT2D eigenvalue weighted by atomic mass is 10.2. The number of nitrogens with one attached hydrogen (secondary N) is 1. The molecule has 0 spiro atoms. The van der Waals surface area contributed by atoms with Crippen molar-refractivity contribution in [3.05, 3.63) is 30.3 Å². The van der Waals surface area contributed by atoms with Crippen LogP contribution in [0.15, 0.2) is 29.0 Å². The van der Waals surface area contributed by atoms with Crippen LogP contribution in [0.5, 0.6) is 0 Å². The highest BCUT2D eigenvalue weighted by Crippen LogP contribution is 2.24. The van der Waals surface area contributed by atoms with Gasteiger partial charge < -0.3 is 9.73 Å². The van der Waals surface area contributed by atoms with E-state index >= 15 is 0 Å². The molecule has 2 aromatic rings. The molecule has 2 heterocycles. The van der Waals surface area contributed by atoms with E-state index in [1.165, 1.54) is 12.3 Å². The molecule has 1 N–H and O–H groups in total. The van der Waals surface area contributed by atoms with Crippen LogP contribution in [0.2, 0.25) is 0 Å². The Balaban J connectivity index is 2.16. The minimum atomic E-state index is -4.29. The maximum absolute atomic E-state index is 12.1. The molecule has 0 aliphatic rings. The third-order valence-electron chi connectivity index (χ3n) is 2.59. The Morgan fingerprint density at radius 1 is 1.35 bits per heavy atom. The Morgan fingerprint density at radius 3 is 2.70 bits per heavy atom. The van der Waals surface area contributed by atoms with Gasteiger partial charge in [-0.1, -0.05) is 13.8 Å². The Morgan fingerprint density at radius 2 is 2.10 bits per heavy atom. The molecule has 0 radical (unpaired) electrons. The van der Waals surface area contributed by atoms with Crippen molar-refractivity contribution in [2.24, 2.45) is 0 Å². The first-order valence-electron chi connectivity index (χ1n) is 6.07. The zero-order chi connectivity index (χ0) is 14.8. The van der Waals surface area contributed by atoms with Crippen molar-refractivity contribution in [3.8, 4) is 11.5 Å². The van der Waals surface area contributed by atoms with Crippen LogP contribution in [0.4, 0.5) is 19.0 Å². The highest BCUT2D eigenvalue weighted by molar-refractivity contribution is 5.58. The summed E-state index contributed by atoms with van der Waals surface area (Å²) in [5.41, 5.74) is 1.37. The van der Waals surface area contributed by atoms with Gasteiger partial charge in [0, 0.05) is 11.8 Å². The normalized spacial score (nSPS) is 11.9. The summed E-state index contributed by atoms with van der Waals surface area (Å²) < 4.78 is 41.7. The summed E-state index contributed by atoms with van der Waals surface area (Å²) in [5.74, 6) is 0.715. The van der Waals surface area contributed by atoms with Gasteiger partial charge in [-0.25, -0.2) is 9.97 Å². The zero-order valence-corrected chi connectivity index (χ0v) is 11.0. The standard InChI is InChI=1S/C13H14F3N3O/c1-8(2)10-6-20-12(19-10)9-3-4-17-11(5-9)18-7-13(14,15)16/h3-6,8H,7H2,1-2H3,(H,17,18). The van der Waals surface area contributed by atoms with Crippen molar-refractivity contribution in [2.75, 3.05) is 11.9 Å². The van der Waals surface area contributed by atoms with Gasteiger partial charge in [-0.05, 0) is 18.1 Å². The van der Waals surface area contributed by atoms with Gasteiger partial charge in [-0.3, -0.25) is 0 Å². The number of hydrogen-bond donors (Lipinski definition) is 1. The van der Waals surface area contributed by atoms with Crippen molar-refractivity contribution >= 4 is 5.82 Å². The predicted octanol–water partition coefficient (Wildman–Crippen LogP) is 3.83. The van der Waals surface area contributed by atoms with Crippen LogP contribution in [0.25, 0.3) is 11.5 Å². The minimum Gasteiger partial charge on any atom is -0.444 e. The number of nitrogens with zero attached hydrogens (tertiary/aromatic N) is 2. The van der Waals surface area contributed by atoms with E-state index in [9.17, 15) is 13.2 Å². The first kappa shape index (κ1) is 14.4. The van der Waals surface area contributed by atoms with Gasteiger partial charge in [-0.15, -0.1) is 0 Å². The number of anilines is 1. The molecule has 0 unspecified atom stereocenters. The summed E-state index contributed by atoms with van der Waals surface area (Å²) in [7, 11) is 0. The smallest absolute Gasteiger partial charge is 0.405 e. The van der Waals surface area contributed by atoms with E-state index in [2.05, 4.69) is 15.3 Å². The Kier molecular flexibility index (Phi) is 3.96. The van der Waals surface area contributed by atoms with E-state index in [1.807, 2.05) is 13.8 Å². The largest absolute Gasteiger partial charge is 0.444 e. The molecular weight excluding hydrogens is 271 g/mol. The fourth-order valence-corrected chi connectivity index (χ4v) is 1.53. The zero-order valence-electron chi connectivity index (χ0n) is 11.0. The van der Waals surface area contributed by atoms with Crippen LogP contribution in [0.3, 0.4) is 0 Å². The van der Waals surface area contributed by atoms with E-state index in [1.54, 1.807) is 12.3 Å². The highest BCUT2D eigenvalue weighted by Gasteiger charge is 2.26. The molecule has 0 aromatic carbocycles. The fraction of sp³-hybridized carbons (Fsp3) is 0.385. The average Bonchev–Trinajstić information content (AvgIpc) is 2.86. The van der Waals surface area contributed by atoms with E-state index in [0.29, 0.717) is 11.5 Å². The molecule has 0 saturated heterocycles. The molecule has 20 heavy (non-hydrogen) atoms. The first-order chi connectivity index (χ1) is 9.35. The van der Waals surface area contributed by atoms with Crippen molar-refractivity contribution in [2.45, 2.75) is 25.9 Å². The summed E-state index contributed by atoms with van der Waals surface area (Å²) in [6.45, 7) is 2.82. The summed E-state index contributed by atoms with van der Waals surface area (Å²) in [6.07, 6.45) is -1.33. The van der Waals surface area contributed by atoms with Gasteiger partial charge >= 0.3 is 6.18 Å². The Hall–Kier alpha value is -2.05. The third kappa shape index (κ3) is 3.72. The summed E-state index contributed by atoms with van der Waals surface area (Å²) in [4.78, 5) is 8.11. The van der Waals surface area contributed by atoms with Gasteiger partial charge in [0.05, 0.1) is 5.69 Å². The van der Waals surface area contributed by atoms with Crippen LogP contribution >= 0.6 is 0 Å². The molecule has 0 bridgehead atoms. The highest BCUT2D eigenvalue weighted by atomic mass is 19.4. The van der Waals surface area contributed by atoms with Crippen LogP contribution in [0, 0.1) is 0 Å². The second kappa shape index (κ2) is 5.52. The molecule has 0 saturated carbocycles. The minimum absolute atomic E-state index is 0.129. The number of aromatic nitrogens is 2. The average molecular weight is 285 g/mol. The number of alkyl halides is 3. The van der Waals surface area contributed by atoms with Crippen LogP contribution in [-0.4, -0.2) is 22.7 Å². The maximum Gasteiger partial charge on any atom is 0.405 e. The van der Waals surface area contributed by atoms with Gasteiger partial charge in [0.25, 0.3) is 0 Å². The quantitative estimate of drug-likeness (QED) is 0.927. The lowest BCUT2D eigenvalue weighted by molar-refractivity contribution is -0.115. The third-order valence-corrected chi connectivity index (χ3v) is 2.59. The first-order valence-corrected chi connectivity index (χ1v) is 6.07. The molecule has 4 nitrogen and oxygen atoms in total. The lowest BCUT2D eigenvalue weighted by Gasteiger charge is -2.08. The molecule has 2 rings (SSSR count). The van der Waals surface area contributed by atoms with Crippen LogP contribution in [-0.2, 0) is 0 Å². The fourth-order valence-electron chi connectivity index (χ4n) is 1.53. The topological polar surface area (TPSA) is 51.0 Å². The van der Waals surface area contributed by atoms with Crippen molar-refractivity contribution < 1.29 is 17.6 Å². The Labute approximate surface area is 114 Å². The number of rotatable bonds is 4. The van der Waals surface area contributed by atoms with Gasteiger partial charge in [0.1, 0.15) is 18.6 Å². The van der Waals surface area contributed by atoms with Crippen molar-refractivity contribution in [3.63, 3.8) is 0 Å². The molecule has 0 aliphatic heterocycles. The molecular formula is C13H14F3N3O. The monoisotopic (exact) mass is 285 g/mol. The summed E-state index contributed by atoms with van der Waals surface area (Å²) in [6, 6.07) is 3.11. The van der Waals surface area contributed by atoms with Crippen LogP contribution < -0.4 is 5.32 Å². The van der Waals surface area contributed by atoms with Crippen LogP contribution in [0.1, 0.15) is 25.5 Å². The van der Waals surface area contributed by atoms with E-state index in [0.717, 1.165) is 5.69 Å². The maximum atomic E-state index is 12.1. The number of hydrogen-bond acceptors (Lipinski definition) is 4. The molecule has 0 aliphatic carbocycles. The van der Waals surface area contributed by atoms with E-state index in [4.69, 9.17) is 4.42 Å². The predicted molar refractivity (Wildman–Crippen MR) is 68.4 cm³/mol. The van der Waals surface area contributed by atoms with Gasteiger partial charge in [-0.2, -0.15) is 13.2 Å². The van der Waals surface area contributed by atoms with E-state index < -0.39 is 12.7 Å². The second-order valence-electron chi connectivity index (χ2n) is 4.63. The summed E-state index contributed by atoms with van der Waals surface area (Å²) in [5, 5.41) is 2.22. The van der Waals surface area contributed by atoms with Gasteiger partial charge in [0.15, 0.2) is 0 Å². The molecule has 0 amide bonds. The Bertz CT molecular complexity index is 578. The van der Waals surface area contributed by atoms with Crippen molar-refractivity contribution in [1.82, 2.24) is 9.97 Å². The molecule has 2 aromatic heterocycles.